The van der Waals surface area contributed by atoms with Crippen LogP contribution in [0.25, 0.3) is 0 Å². The fourth-order valence-corrected chi connectivity index (χ4v) is 1.94. The van der Waals surface area contributed by atoms with Crippen molar-refractivity contribution in [3.05, 3.63) is 0 Å². The number of unbranched alkanes of at least 4 members (excludes halogenated alkanes) is 1. The van der Waals surface area contributed by atoms with E-state index in [1.54, 1.807) is 0 Å². The predicted molar refractivity (Wildman–Crippen MR) is 69.0 cm³/mol. The molecule has 3 N–H and O–H groups in total. The maximum atomic E-state index is 5.62. The molecular weight excluding hydrogens is 184 g/mol. The fourth-order valence-electron chi connectivity index (χ4n) is 1.94. The Hall–Kier alpha value is -0.0800. The van der Waals surface area contributed by atoms with Crippen LogP contribution < -0.4 is 11.1 Å². The standard InChI is InChI=1S/C13H30N2/c1-4-5-10-15-11-6-7-13(8-9-14)12(2)3/h12-13,15H,4-11,14H2,1-3H3. The molecule has 0 rings (SSSR count). The largest absolute Gasteiger partial charge is 0.330 e. The van der Waals surface area contributed by atoms with Gasteiger partial charge in [0, 0.05) is 0 Å². The lowest BCUT2D eigenvalue weighted by Gasteiger charge is -2.19. The number of nitrogens with one attached hydrogen (secondary N) is 1. The highest BCUT2D eigenvalue weighted by Crippen LogP contribution is 2.19. The van der Waals surface area contributed by atoms with E-state index in [0.29, 0.717) is 0 Å². The van der Waals surface area contributed by atoms with Crippen molar-refractivity contribution in [2.24, 2.45) is 17.6 Å². The monoisotopic (exact) mass is 214 g/mol. The maximum Gasteiger partial charge on any atom is -0.00488 e. The van der Waals surface area contributed by atoms with E-state index in [0.717, 1.165) is 18.4 Å². The van der Waals surface area contributed by atoms with Crippen LogP contribution >= 0.6 is 0 Å². The second-order valence-electron chi connectivity index (χ2n) is 4.83. The van der Waals surface area contributed by atoms with Crippen molar-refractivity contribution in [2.75, 3.05) is 19.6 Å². The van der Waals surface area contributed by atoms with Crippen LogP contribution in [0.15, 0.2) is 0 Å². The highest BCUT2D eigenvalue weighted by molar-refractivity contribution is 4.64. The van der Waals surface area contributed by atoms with Gasteiger partial charge < -0.3 is 11.1 Å². The molecule has 0 aromatic carbocycles. The summed E-state index contributed by atoms with van der Waals surface area (Å²) in [5.41, 5.74) is 5.62. The average molecular weight is 214 g/mol. The van der Waals surface area contributed by atoms with Crippen LogP contribution in [0.2, 0.25) is 0 Å². The van der Waals surface area contributed by atoms with Gasteiger partial charge in [-0.1, -0.05) is 27.2 Å². The summed E-state index contributed by atoms with van der Waals surface area (Å²) in [6, 6.07) is 0. The molecule has 0 saturated heterocycles. The van der Waals surface area contributed by atoms with Gasteiger partial charge in [0.25, 0.3) is 0 Å². The Morgan fingerprint density at radius 1 is 1.07 bits per heavy atom. The van der Waals surface area contributed by atoms with Gasteiger partial charge in [-0.3, -0.25) is 0 Å². The third-order valence-electron chi connectivity index (χ3n) is 3.12. The van der Waals surface area contributed by atoms with E-state index in [4.69, 9.17) is 5.73 Å². The van der Waals surface area contributed by atoms with Gasteiger partial charge in [0.05, 0.1) is 0 Å². The Labute approximate surface area is 96.0 Å². The van der Waals surface area contributed by atoms with E-state index < -0.39 is 0 Å². The Kier molecular flexibility index (Phi) is 10.4. The molecule has 92 valence electrons. The van der Waals surface area contributed by atoms with Gasteiger partial charge in [-0.25, -0.2) is 0 Å². The van der Waals surface area contributed by atoms with Crippen LogP contribution in [0.3, 0.4) is 0 Å². The number of nitrogens with two attached hydrogens (primary N) is 1. The van der Waals surface area contributed by atoms with Crippen molar-refractivity contribution < 1.29 is 0 Å². The summed E-state index contributed by atoms with van der Waals surface area (Å²) in [7, 11) is 0. The van der Waals surface area contributed by atoms with Crippen molar-refractivity contribution in [3.8, 4) is 0 Å². The zero-order valence-electron chi connectivity index (χ0n) is 10.9. The Morgan fingerprint density at radius 3 is 2.27 bits per heavy atom. The van der Waals surface area contributed by atoms with Crippen LogP contribution in [0, 0.1) is 11.8 Å². The highest BCUT2D eigenvalue weighted by atomic mass is 14.8. The lowest BCUT2D eigenvalue weighted by Crippen LogP contribution is -2.19. The molecular formula is C13H30N2. The van der Waals surface area contributed by atoms with Crippen LogP contribution in [0.1, 0.15) is 52.9 Å². The first-order chi connectivity index (χ1) is 7.22. The summed E-state index contributed by atoms with van der Waals surface area (Å²) in [6.45, 7) is 10.0. The van der Waals surface area contributed by atoms with E-state index in [1.807, 2.05) is 0 Å². The fraction of sp³-hybridized carbons (Fsp3) is 1.00. The Balaban J connectivity index is 3.37. The quantitative estimate of drug-likeness (QED) is 0.549. The van der Waals surface area contributed by atoms with Crippen LogP contribution in [-0.4, -0.2) is 19.6 Å². The van der Waals surface area contributed by atoms with Gasteiger partial charge in [-0.2, -0.15) is 0 Å². The molecule has 0 saturated carbocycles. The lowest BCUT2D eigenvalue weighted by molar-refractivity contribution is 0.331. The molecule has 0 spiro atoms. The van der Waals surface area contributed by atoms with Gasteiger partial charge in [-0.15, -0.1) is 0 Å². The predicted octanol–water partition coefficient (Wildman–Crippen LogP) is 2.78. The third-order valence-corrected chi connectivity index (χ3v) is 3.12. The minimum Gasteiger partial charge on any atom is -0.330 e. The first-order valence-electron chi connectivity index (χ1n) is 6.63. The number of rotatable bonds is 10. The van der Waals surface area contributed by atoms with E-state index in [-0.39, 0.29) is 0 Å². The minimum absolute atomic E-state index is 0.782. The Bertz CT molecular complexity index is 124. The van der Waals surface area contributed by atoms with Gasteiger partial charge in [0.15, 0.2) is 0 Å². The van der Waals surface area contributed by atoms with E-state index in [1.165, 1.54) is 45.2 Å². The minimum atomic E-state index is 0.782. The summed E-state index contributed by atoms with van der Waals surface area (Å²) in [4.78, 5) is 0. The molecule has 1 atom stereocenters. The first kappa shape index (κ1) is 14.9. The molecule has 0 aliphatic carbocycles. The smallest absolute Gasteiger partial charge is 0.00488 e. The molecule has 0 radical (unpaired) electrons. The van der Waals surface area contributed by atoms with Crippen molar-refractivity contribution >= 4 is 0 Å². The van der Waals surface area contributed by atoms with Crippen LogP contribution in [0.4, 0.5) is 0 Å². The molecule has 0 heterocycles. The molecule has 0 aliphatic rings. The Morgan fingerprint density at radius 2 is 1.73 bits per heavy atom. The third kappa shape index (κ3) is 8.88. The van der Waals surface area contributed by atoms with Gasteiger partial charge in [0.2, 0.25) is 0 Å². The van der Waals surface area contributed by atoms with Crippen molar-refractivity contribution in [2.45, 2.75) is 52.9 Å². The molecule has 0 aliphatic heterocycles. The normalized spacial score (nSPS) is 13.4. The topological polar surface area (TPSA) is 38.0 Å². The van der Waals surface area contributed by atoms with Crippen LogP contribution in [-0.2, 0) is 0 Å². The summed E-state index contributed by atoms with van der Waals surface area (Å²) >= 11 is 0. The molecule has 0 aromatic rings. The SMILES string of the molecule is CCCCNCCCC(CCN)C(C)C. The van der Waals surface area contributed by atoms with Crippen molar-refractivity contribution in [3.63, 3.8) is 0 Å². The van der Waals surface area contributed by atoms with Crippen molar-refractivity contribution in [1.82, 2.24) is 5.32 Å². The van der Waals surface area contributed by atoms with Gasteiger partial charge >= 0.3 is 0 Å². The molecule has 15 heavy (non-hydrogen) atoms. The lowest BCUT2D eigenvalue weighted by atomic mass is 9.88. The second kappa shape index (κ2) is 10.4. The molecule has 2 heteroatoms. The van der Waals surface area contributed by atoms with E-state index in [9.17, 15) is 0 Å². The summed E-state index contributed by atoms with van der Waals surface area (Å²) in [5.74, 6) is 1.60. The van der Waals surface area contributed by atoms with Gasteiger partial charge in [0.1, 0.15) is 0 Å². The number of hydrogen-bond acceptors (Lipinski definition) is 2. The molecule has 0 amide bonds. The summed E-state index contributed by atoms with van der Waals surface area (Å²) in [6.07, 6.45) is 6.40. The highest BCUT2D eigenvalue weighted by Gasteiger charge is 2.11. The van der Waals surface area contributed by atoms with E-state index >= 15 is 0 Å². The zero-order valence-corrected chi connectivity index (χ0v) is 10.9. The zero-order chi connectivity index (χ0) is 11.5. The van der Waals surface area contributed by atoms with Gasteiger partial charge in [-0.05, 0) is 57.2 Å². The molecule has 0 fully saturated rings. The summed E-state index contributed by atoms with van der Waals surface area (Å²) in [5, 5.41) is 3.49. The van der Waals surface area contributed by atoms with Crippen LogP contribution in [0.5, 0.6) is 0 Å². The second-order valence-corrected chi connectivity index (χ2v) is 4.83. The average Bonchev–Trinajstić information content (AvgIpc) is 2.21. The van der Waals surface area contributed by atoms with E-state index in [2.05, 4.69) is 26.1 Å². The first-order valence-corrected chi connectivity index (χ1v) is 6.63. The number of hydrogen-bond donors (Lipinski definition) is 2. The summed E-state index contributed by atoms with van der Waals surface area (Å²) < 4.78 is 0. The molecule has 2 nitrogen and oxygen atoms in total. The molecule has 0 bridgehead atoms. The molecule has 1 unspecified atom stereocenters. The maximum absolute atomic E-state index is 5.62. The molecule has 0 aromatic heterocycles. The van der Waals surface area contributed by atoms with Crippen molar-refractivity contribution in [1.29, 1.82) is 0 Å².